The fourth-order valence-electron chi connectivity index (χ4n) is 4.23. The fraction of sp³-hybridized carbons (Fsp3) is 0.571. The topological polar surface area (TPSA) is 77.9 Å². The van der Waals surface area contributed by atoms with Crippen LogP contribution in [0.15, 0.2) is 18.2 Å². The molecule has 2 atom stereocenters. The SMILES string of the molecule is Cc1cc(C)cc(C(=O)N2CCCC(C(=O)N3CCC(C)(C(=O)O)C3)C2)c1. The summed E-state index contributed by atoms with van der Waals surface area (Å²) >= 11 is 0. The molecule has 0 aromatic heterocycles. The molecule has 2 aliphatic heterocycles. The minimum Gasteiger partial charge on any atom is -0.481 e. The summed E-state index contributed by atoms with van der Waals surface area (Å²) < 4.78 is 0. The van der Waals surface area contributed by atoms with Crippen molar-refractivity contribution in [3.63, 3.8) is 0 Å². The predicted molar refractivity (Wildman–Crippen MR) is 101 cm³/mol. The van der Waals surface area contributed by atoms with Gasteiger partial charge in [-0.25, -0.2) is 0 Å². The van der Waals surface area contributed by atoms with Crippen molar-refractivity contribution in [2.45, 2.75) is 40.0 Å². The molecule has 6 heteroatoms. The second kappa shape index (κ2) is 7.33. The number of amides is 2. The van der Waals surface area contributed by atoms with E-state index in [9.17, 15) is 19.5 Å². The normalized spacial score (nSPS) is 25.5. The standard InChI is InChI=1S/C21H28N2O4/c1-14-9-15(2)11-17(10-14)19(25)22-7-4-5-16(12-22)18(24)23-8-6-21(3,13-23)20(26)27/h9-11,16H,4-8,12-13H2,1-3H3,(H,26,27). The lowest BCUT2D eigenvalue weighted by atomic mass is 9.90. The van der Waals surface area contributed by atoms with E-state index < -0.39 is 11.4 Å². The molecule has 2 aliphatic rings. The summed E-state index contributed by atoms with van der Waals surface area (Å²) in [6.07, 6.45) is 2.01. The highest BCUT2D eigenvalue weighted by atomic mass is 16.4. The van der Waals surface area contributed by atoms with E-state index in [1.54, 1.807) is 16.7 Å². The number of hydrogen-bond acceptors (Lipinski definition) is 3. The van der Waals surface area contributed by atoms with Crippen LogP contribution in [0.1, 0.15) is 47.7 Å². The Balaban J connectivity index is 1.68. The van der Waals surface area contributed by atoms with Gasteiger partial charge in [0.05, 0.1) is 11.3 Å². The van der Waals surface area contributed by atoms with Crippen molar-refractivity contribution in [1.29, 1.82) is 0 Å². The summed E-state index contributed by atoms with van der Waals surface area (Å²) in [5.41, 5.74) is 1.90. The Bertz CT molecular complexity index is 755. The number of piperidine rings is 1. The molecule has 27 heavy (non-hydrogen) atoms. The summed E-state index contributed by atoms with van der Waals surface area (Å²) in [6, 6.07) is 5.81. The molecule has 1 aromatic carbocycles. The van der Waals surface area contributed by atoms with Crippen molar-refractivity contribution in [3.8, 4) is 0 Å². The fourth-order valence-corrected chi connectivity index (χ4v) is 4.23. The minimum absolute atomic E-state index is 0.0158. The van der Waals surface area contributed by atoms with Gasteiger partial charge in [-0.1, -0.05) is 17.2 Å². The van der Waals surface area contributed by atoms with Crippen LogP contribution in [-0.4, -0.2) is 58.9 Å². The zero-order valence-electron chi connectivity index (χ0n) is 16.3. The van der Waals surface area contributed by atoms with Gasteiger partial charge in [0.1, 0.15) is 0 Å². The van der Waals surface area contributed by atoms with E-state index in [0.29, 0.717) is 31.6 Å². The van der Waals surface area contributed by atoms with Gasteiger partial charge in [-0.2, -0.15) is 0 Å². The van der Waals surface area contributed by atoms with Crippen molar-refractivity contribution in [2.75, 3.05) is 26.2 Å². The number of carbonyl (C=O) groups is 3. The molecule has 2 saturated heterocycles. The van der Waals surface area contributed by atoms with Gasteiger partial charge in [-0.3, -0.25) is 14.4 Å². The van der Waals surface area contributed by atoms with Gasteiger partial charge in [0.2, 0.25) is 5.91 Å². The van der Waals surface area contributed by atoms with E-state index >= 15 is 0 Å². The zero-order valence-corrected chi connectivity index (χ0v) is 16.3. The number of carbonyl (C=O) groups excluding carboxylic acids is 2. The van der Waals surface area contributed by atoms with Crippen LogP contribution in [-0.2, 0) is 9.59 Å². The van der Waals surface area contributed by atoms with Crippen molar-refractivity contribution < 1.29 is 19.5 Å². The summed E-state index contributed by atoms with van der Waals surface area (Å²) in [5.74, 6) is -1.15. The molecule has 3 rings (SSSR count). The van der Waals surface area contributed by atoms with Crippen molar-refractivity contribution >= 4 is 17.8 Å². The molecule has 1 N–H and O–H groups in total. The molecule has 0 spiro atoms. The van der Waals surface area contributed by atoms with Gasteiger partial charge in [0.25, 0.3) is 5.91 Å². The van der Waals surface area contributed by atoms with Crippen LogP contribution in [0.25, 0.3) is 0 Å². The Kier molecular flexibility index (Phi) is 5.27. The molecule has 0 bridgehead atoms. The van der Waals surface area contributed by atoms with E-state index in [2.05, 4.69) is 0 Å². The van der Waals surface area contributed by atoms with Crippen LogP contribution in [0.3, 0.4) is 0 Å². The summed E-state index contributed by atoms with van der Waals surface area (Å²) in [6.45, 7) is 7.43. The smallest absolute Gasteiger partial charge is 0.311 e. The van der Waals surface area contributed by atoms with Crippen LogP contribution in [0.4, 0.5) is 0 Å². The molecule has 2 unspecified atom stereocenters. The molecule has 2 heterocycles. The quantitative estimate of drug-likeness (QED) is 0.884. The highest BCUT2D eigenvalue weighted by molar-refractivity contribution is 5.95. The summed E-state index contributed by atoms with van der Waals surface area (Å²) in [5, 5.41) is 9.38. The van der Waals surface area contributed by atoms with Crippen LogP contribution >= 0.6 is 0 Å². The third kappa shape index (κ3) is 3.99. The van der Waals surface area contributed by atoms with Crippen LogP contribution in [0.2, 0.25) is 0 Å². The first-order valence-electron chi connectivity index (χ1n) is 9.59. The Morgan fingerprint density at radius 2 is 1.74 bits per heavy atom. The lowest BCUT2D eigenvalue weighted by molar-refractivity contribution is -0.147. The Labute approximate surface area is 160 Å². The Morgan fingerprint density at radius 1 is 1.07 bits per heavy atom. The molecule has 2 fully saturated rings. The second-order valence-electron chi connectivity index (χ2n) is 8.34. The third-order valence-electron chi connectivity index (χ3n) is 5.83. The Hall–Kier alpha value is -2.37. The van der Waals surface area contributed by atoms with Crippen molar-refractivity contribution in [2.24, 2.45) is 11.3 Å². The number of hydrogen-bond donors (Lipinski definition) is 1. The molecular weight excluding hydrogens is 344 g/mol. The first kappa shape index (κ1) is 19.4. The van der Waals surface area contributed by atoms with Gasteiger partial charge in [-0.05, 0) is 52.2 Å². The summed E-state index contributed by atoms with van der Waals surface area (Å²) in [7, 11) is 0. The van der Waals surface area contributed by atoms with Gasteiger partial charge in [0, 0.05) is 31.7 Å². The predicted octanol–water partition coefficient (Wildman–Crippen LogP) is 2.48. The van der Waals surface area contributed by atoms with Gasteiger partial charge in [0.15, 0.2) is 0 Å². The number of likely N-dealkylation sites (tertiary alicyclic amines) is 2. The van der Waals surface area contributed by atoms with Gasteiger partial charge >= 0.3 is 5.97 Å². The zero-order chi connectivity index (χ0) is 19.8. The average Bonchev–Trinajstić information content (AvgIpc) is 3.03. The first-order chi connectivity index (χ1) is 12.7. The number of carboxylic acids is 1. The molecule has 2 amide bonds. The van der Waals surface area contributed by atoms with E-state index in [0.717, 1.165) is 24.0 Å². The number of aliphatic carboxylic acids is 1. The highest BCUT2D eigenvalue weighted by Crippen LogP contribution is 2.32. The molecule has 0 aliphatic carbocycles. The summed E-state index contributed by atoms with van der Waals surface area (Å²) in [4.78, 5) is 40.7. The minimum atomic E-state index is -0.862. The van der Waals surface area contributed by atoms with Crippen LogP contribution in [0.5, 0.6) is 0 Å². The molecule has 0 radical (unpaired) electrons. The molecule has 0 saturated carbocycles. The second-order valence-corrected chi connectivity index (χ2v) is 8.34. The molecular formula is C21H28N2O4. The lowest BCUT2D eigenvalue weighted by Crippen LogP contribution is -2.47. The number of benzene rings is 1. The number of nitrogens with zero attached hydrogens (tertiary/aromatic N) is 2. The third-order valence-corrected chi connectivity index (χ3v) is 5.83. The molecule has 1 aromatic rings. The average molecular weight is 372 g/mol. The monoisotopic (exact) mass is 372 g/mol. The van der Waals surface area contributed by atoms with Crippen molar-refractivity contribution in [3.05, 3.63) is 34.9 Å². The van der Waals surface area contributed by atoms with Gasteiger partial charge in [-0.15, -0.1) is 0 Å². The number of rotatable bonds is 3. The van der Waals surface area contributed by atoms with E-state index in [-0.39, 0.29) is 24.3 Å². The maximum atomic E-state index is 12.9. The highest BCUT2D eigenvalue weighted by Gasteiger charge is 2.44. The number of carboxylic acid groups (broad SMARTS) is 1. The van der Waals surface area contributed by atoms with E-state index in [1.165, 1.54) is 0 Å². The van der Waals surface area contributed by atoms with Crippen LogP contribution in [0, 0.1) is 25.2 Å². The molecule has 146 valence electrons. The first-order valence-corrected chi connectivity index (χ1v) is 9.59. The largest absolute Gasteiger partial charge is 0.481 e. The van der Waals surface area contributed by atoms with Gasteiger partial charge < -0.3 is 14.9 Å². The number of aryl methyl sites for hydroxylation is 2. The Morgan fingerprint density at radius 3 is 2.33 bits per heavy atom. The van der Waals surface area contributed by atoms with Crippen molar-refractivity contribution in [1.82, 2.24) is 9.80 Å². The lowest BCUT2D eigenvalue weighted by Gasteiger charge is -2.34. The maximum absolute atomic E-state index is 12.9. The van der Waals surface area contributed by atoms with Crippen LogP contribution < -0.4 is 0 Å². The van der Waals surface area contributed by atoms with E-state index in [4.69, 9.17) is 0 Å². The maximum Gasteiger partial charge on any atom is 0.311 e. The molecule has 6 nitrogen and oxygen atoms in total. The van der Waals surface area contributed by atoms with E-state index in [1.807, 2.05) is 32.0 Å².